The van der Waals surface area contributed by atoms with Crippen LogP contribution in [0.1, 0.15) is 17.0 Å². The molecule has 1 aromatic heterocycles. The first-order valence-corrected chi connectivity index (χ1v) is 12.2. The van der Waals surface area contributed by atoms with Gasteiger partial charge in [0.25, 0.3) is 0 Å². The summed E-state index contributed by atoms with van der Waals surface area (Å²) in [5.74, 6) is 1.85. The van der Waals surface area contributed by atoms with E-state index in [1.807, 2.05) is 38.1 Å². The van der Waals surface area contributed by atoms with Crippen molar-refractivity contribution in [3.8, 4) is 17.2 Å². The van der Waals surface area contributed by atoms with Gasteiger partial charge in [-0.2, -0.15) is 4.31 Å². The van der Waals surface area contributed by atoms with Gasteiger partial charge < -0.3 is 9.15 Å². The molecule has 1 aliphatic heterocycles. The van der Waals surface area contributed by atoms with Crippen LogP contribution < -0.4 is 4.74 Å². The molecule has 2 heterocycles. The Morgan fingerprint density at radius 3 is 2.47 bits per heavy atom. The van der Waals surface area contributed by atoms with E-state index in [4.69, 9.17) is 25.7 Å². The third kappa shape index (κ3) is 4.54. The van der Waals surface area contributed by atoms with Crippen LogP contribution in [0.2, 0.25) is 5.02 Å². The molecule has 0 atom stereocenters. The molecule has 9 heteroatoms. The van der Waals surface area contributed by atoms with Crippen molar-refractivity contribution < 1.29 is 17.6 Å². The highest BCUT2D eigenvalue weighted by molar-refractivity contribution is 7.89. The van der Waals surface area contributed by atoms with Gasteiger partial charge in [-0.25, -0.2) is 13.4 Å². The highest BCUT2D eigenvalue weighted by Crippen LogP contribution is 2.29. The highest BCUT2D eigenvalue weighted by Gasteiger charge is 2.29. The van der Waals surface area contributed by atoms with Crippen LogP contribution in [0.4, 0.5) is 0 Å². The number of hydrogen-bond donors (Lipinski definition) is 0. The average molecular weight is 476 g/mol. The molecule has 3 aromatic rings. The standard InChI is InChI=1S/C23H26ClN3O4S/c1-16-6-4-5-7-19(16)23-25-21(17(2)31-23)15-26-10-12-27(13-11-26)32(28,29)18-8-9-22(30-3)20(24)14-18/h4-9,14H,10-13,15H2,1-3H3. The number of methoxy groups -OCH3 is 1. The van der Waals surface area contributed by atoms with Crippen LogP contribution >= 0.6 is 11.6 Å². The second-order valence-electron chi connectivity index (χ2n) is 7.81. The summed E-state index contributed by atoms with van der Waals surface area (Å²) in [6.45, 7) is 6.57. The van der Waals surface area contributed by atoms with E-state index in [1.165, 1.54) is 23.5 Å². The lowest BCUT2D eigenvalue weighted by atomic mass is 10.1. The van der Waals surface area contributed by atoms with E-state index in [2.05, 4.69) is 4.90 Å². The molecule has 1 aliphatic rings. The predicted octanol–water partition coefficient (Wildman–Crippen LogP) is 4.13. The molecular formula is C23H26ClN3O4S. The third-order valence-corrected chi connectivity index (χ3v) is 7.92. The van der Waals surface area contributed by atoms with Gasteiger partial charge >= 0.3 is 0 Å². The number of aromatic nitrogens is 1. The fourth-order valence-electron chi connectivity index (χ4n) is 3.80. The number of oxazole rings is 1. The summed E-state index contributed by atoms with van der Waals surface area (Å²) in [4.78, 5) is 7.08. The highest BCUT2D eigenvalue weighted by atomic mass is 35.5. The summed E-state index contributed by atoms with van der Waals surface area (Å²) in [6, 6.07) is 12.5. The first-order chi connectivity index (χ1) is 15.3. The number of aryl methyl sites for hydroxylation is 2. The van der Waals surface area contributed by atoms with Crippen LogP contribution in [0.25, 0.3) is 11.5 Å². The summed E-state index contributed by atoms with van der Waals surface area (Å²) in [5.41, 5.74) is 2.97. The van der Waals surface area contributed by atoms with Gasteiger partial charge in [-0.15, -0.1) is 0 Å². The minimum atomic E-state index is -3.62. The summed E-state index contributed by atoms with van der Waals surface area (Å²) < 4.78 is 38.6. The van der Waals surface area contributed by atoms with Crippen LogP contribution in [-0.4, -0.2) is 55.9 Å². The van der Waals surface area contributed by atoms with Gasteiger partial charge in [0.1, 0.15) is 11.5 Å². The zero-order chi connectivity index (χ0) is 22.9. The van der Waals surface area contributed by atoms with E-state index in [1.54, 1.807) is 6.07 Å². The number of hydrogen-bond acceptors (Lipinski definition) is 6. The molecule has 0 unspecified atom stereocenters. The van der Waals surface area contributed by atoms with Gasteiger partial charge in [0.2, 0.25) is 15.9 Å². The Bertz CT molecular complexity index is 1220. The predicted molar refractivity (Wildman–Crippen MR) is 123 cm³/mol. The zero-order valence-electron chi connectivity index (χ0n) is 18.3. The van der Waals surface area contributed by atoms with E-state index < -0.39 is 10.0 Å². The largest absolute Gasteiger partial charge is 0.495 e. The molecule has 0 aliphatic carbocycles. The average Bonchev–Trinajstić information content (AvgIpc) is 3.14. The molecular weight excluding hydrogens is 450 g/mol. The van der Waals surface area contributed by atoms with Crippen molar-refractivity contribution in [2.24, 2.45) is 0 Å². The maximum atomic E-state index is 13.0. The van der Waals surface area contributed by atoms with Crippen molar-refractivity contribution in [1.82, 2.24) is 14.2 Å². The Balaban J connectivity index is 1.42. The lowest BCUT2D eigenvalue weighted by Gasteiger charge is -2.33. The van der Waals surface area contributed by atoms with Gasteiger partial charge in [-0.1, -0.05) is 29.8 Å². The van der Waals surface area contributed by atoms with Crippen molar-refractivity contribution in [2.75, 3.05) is 33.3 Å². The van der Waals surface area contributed by atoms with Crippen LogP contribution in [0.5, 0.6) is 5.75 Å². The monoisotopic (exact) mass is 475 g/mol. The Kier molecular flexibility index (Phi) is 6.57. The number of rotatable bonds is 6. The Labute approximate surface area is 193 Å². The molecule has 1 fully saturated rings. The summed E-state index contributed by atoms with van der Waals surface area (Å²) in [7, 11) is -2.12. The van der Waals surface area contributed by atoms with Crippen molar-refractivity contribution in [3.05, 3.63) is 64.5 Å². The van der Waals surface area contributed by atoms with E-state index >= 15 is 0 Å². The normalized spacial score (nSPS) is 15.8. The molecule has 2 aromatic carbocycles. The molecule has 32 heavy (non-hydrogen) atoms. The van der Waals surface area contributed by atoms with E-state index in [0.29, 0.717) is 44.4 Å². The number of ether oxygens (including phenoxy) is 1. The van der Waals surface area contributed by atoms with E-state index in [9.17, 15) is 8.42 Å². The van der Waals surface area contributed by atoms with Crippen LogP contribution in [-0.2, 0) is 16.6 Å². The number of sulfonamides is 1. The third-order valence-electron chi connectivity index (χ3n) is 5.73. The molecule has 7 nitrogen and oxygen atoms in total. The van der Waals surface area contributed by atoms with Gasteiger partial charge in [-0.05, 0) is 43.7 Å². The van der Waals surface area contributed by atoms with Gasteiger partial charge in [0, 0.05) is 38.3 Å². The number of benzene rings is 2. The van der Waals surface area contributed by atoms with Crippen molar-refractivity contribution in [2.45, 2.75) is 25.3 Å². The first-order valence-electron chi connectivity index (χ1n) is 10.4. The smallest absolute Gasteiger partial charge is 0.243 e. The van der Waals surface area contributed by atoms with E-state index in [-0.39, 0.29) is 9.92 Å². The second-order valence-corrected chi connectivity index (χ2v) is 10.2. The molecule has 0 spiro atoms. The molecule has 0 N–H and O–H groups in total. The topological polar surface area (TPSA) is 75.9 Å². The van der Waals surface area contributed by atoms with Gasteiger partial charge in [0.15, 0.2) is 0 Å². The molecule has 1 saturated heterocycles. The van der Waals surface area contributed by atoms with Crippen LogP contribution in [0, 0.1) is 13.8 Å². The Morgan fingerprint density at radius 2 is 1.81 bits per heavy atom. The van der Waals surface area contributed by atoms with Gasteiger partial charge in [-0.3, -0.25) is 4.90 Å². The summed E-state index contributed by atoms with van der Waals surface area (Å²) in [6.07, 6.45) is 0. The second kappa shape index (κ2) is 9.23. The minimum Gasteiger partial charge on any atom is -0.495 e. The lowest BCUT2D eigenvalue weighted by Crippen LogP contribution is -2.48. The number of piperazine rings is 1. The minimum absolute atomic E-state index is 0.173. The maximum absolute atomic E-state index is 13.0. The van der Waals surface area contributed by atoms with Crippen molar-refractivity contribution in [1.29, 1.82) is 0 Å². The molecule has 4 rings (SSSR count). The number of halogens is 1. The van der Waals surface area contributed by atoms with Crippen molar-refractivity contribution in [3.63, 3.8) is 0 Å². The molecule has 0 bridgehead atoms. The Hall–Kier alpha value is -2.39. The van der Waals surface area contributed by atoms with Crippen molar-refractivity contribution >= 4 is 21.6 Å². The summed E-state index contributed by atoms with van der Waals surface area (Å²) in [5, 5.41) is 0.276. The molecule has 0 radical (unpaired) electrons. The fraction of sp³-hybridized carbons (Fsp3) is 0.348. The van der Waals surface area contributed by atoms with Gasteiger partial charge in [0.05, 0.1) is 22.7 Å². The van der Waals surface area contributed by atoms with E-state index in [0.717, 1.165) is 22.6 Å². The molecule has 0 amide bonds. The van der Waals surface area contributed by atoms with Crippen LogP contribution in [0.3, 0.4) is 0 Å². The zero-order valence-corrected chi connectivity index (χ0v) is 19.9. The quantitative estimate of drug-likeness (QED) is 0.533. The fourth-order valence-corrected chi connectivity index (χ4v) is 5.57. The number of nitrogens with zero attached hydrogens (tertiary/aromatic N) is 3. The summed E-state index contributed by atoms with van der Waals surface area (Å²) >= 11 is 6.13. The Morgan fingerprint density at radius 1 is 1.09 bits per heavy atom. The SMILES string of the molecule is COc1ccc(S(=O)(=O)N2CCN(Cc3nc(-c4ccccc4C)oc3C)CC2)cc1Cl. The molecule has 170 valence electrons. The molecule has 0 saturated carbocycles. The lowest BCUT2D eigenvalue weighted by molar-refractivity contribution is 0.179. The van der Waals surface area contributed by atoms with Crippen LogP contribution in [0.15, 0.2) is 51.8 Å². The first kappa shape index (κ1) is 22.8. The maximum Gasteiger partial charge on any atom is 0.243 e.